The van der Waals surface area contributed by atoms with Crippen LogP contribution in [0, 0.1) is 0 Å². The predicted octanol–water partition coefficient (Wildman–Crippen LogP) is 2.70. The van der Waals surface area contributed by atoms with E-state index in [0.717, 1.165) is 31.2 Å². The molecule has 4 heteroatoms. The van der Waals surface area contributed by atoms with Gasteiger partial charge in [0.05, 0.1) is 11.6 Å². The highest BCUT2D eigenvalue weighted by Crippen LogP contribution is 2.41. The number of carbonyl (C=O) groups excluding carboxylic acids is 1. The lowest BCUT2D eigenvalue weighted by Gasteiger charge is -2.43. The largest absolute Gasteiger partial charge is 0.445 e. The molecule has 0 saturated carbocycles. The molecule has 1 aromatic rings. The first-order chi connectivity index (χ1) is 9.58. The minimum Gasteiger partial charge on any atom is -0.445 e. The van der Waals surface area contributed by atoms with E-state index >= 15 is 0 Å². The monoisotopic (exact) mass is 275 g/mol. The Morgan fingerprint density at radius 1 is 1.35 bits per heavy atom. The minimum atomic E-state index is -0.779. The molecule has 0 radical (unpaired) electrons. The molecule has 20 heavy (non-hydrogen) atoms. The van der Waals surface area contributed by atoms with Crippen molar-refractivity contribution in [1.82, 2.24) is 4.90 Å². The molecule has 1 N–H and O–H groups in total. The fourth-order valence-corrected chi connectivity index (χ4v) is 3.47. The number of rotatable bonds is 2. The molecule has 2 bridgehead atoms. The van der Waals surface area contributed by atoms with Gasteiger partial charge in [0.2, 0.25) is 0 Å². The van der Waals surface area contributed by atoms with Crippen LogP contribution in [-0.4, -0.2) is 33.8 Å². The van der Waals surface area contributed by atoms with Gasteiger partial charge in [-0.05, 0) is 38.2 Å². The van der Waals surface area contributed by atoms with E-state index in [1.807, 2.05) is 37.3 Å². The number of amides is 1. The van der Waals surface area contributed by atoms with Gasteiger partial charge in [-0.2, -0.15) is 0 Å². The molecule has 108 valence electrons. The van der Waals surface area contributed by atoms with E-state index < -0.39 is 5.60 Å². The number of hydrogen-bond donors (Lipinski definition) is 1. The van der Waals surface area contributed by atoms with Crippen LogP contribution in [0.3, 0.4) is 0 Å². The van der Waals surface area contributed by atoms with Crippen molar-refractivity contribution in [2.45, 2.75) is 56.9 Å². The van der Waals surface area contributed by atoms with Crippen LogP contribution < -0.4 is 0 Å². The first-order valence-corrected chi connectivity index (χ1v) is 7.29. The Balaban J connectivity index is 1.65. The molecule has 2 saturated heterocycles. The molecule has 2 heterocycles. The third-order valence-corrected chi connectivity index (χ3v) is 4.62. The minimum absolute atomic E-state index is 0.0930. The van der Waals surface area contributed by atoms with Crippen LogP contribution in [0.5, 0.6) is 0 Å². The van der Waals surface area contributed by atoms with Gasteiger partial charge in [0.1, 0.15) is 6.61 Å². The lowest BCUT2D eigenvalue weighted by atomic mass is 9.87. The topological polar surface area (TPSA) is 49.8 Å². The zero-order chi connectivity index (χ0) is 14.2. The molecule has 2 aliphatic heterocycles. The SMILES string of the molecule is CC1(O)CC[C@@H]2CC[C@H]1N2C(=O)OCc1ccccc1. The molecule has 1 aromatic carbocycles. The summed E-state index contributed by atoms with van der Waals surface area (Å²) in [5.74, 6) is 0. The van der Waals surface area contributed by atoms with Crippen LogP contribution in [0.2, 0.25) is 0 Å². The predicted molar refractivity (Wildman–Crippen MR) is 75.1 cm³/mol. The number of aliphatic hydroxyl groups is 1. The second-order valence-electron chi connectivity index (χ2n) is 6.09. The highest BCUT2D eigenvalue weighted by molar-refractivity contribution is 5.69. The van der Waals surface area contributed by atoms with Crippen LogP contribution in [0.15, 0.2) is 30.3 Å². The molecule has 3 rings (SSSR count). The summed E-state index contributed by atoms with van der Waals surface area (Å²) in [7, 11) is 0. The summed E-state index contributed by atoms with van der Waals surface area (Å²) in [5.41, 5.74) is 0.204. The molecule has 2 fully saturated rings. The van der Waals surface area contributed by atoms with Crippen molar-refractivity contribution >= 4 is 6.09 Å². The summed E-state index contributed by atoms with van der Waals surface area (Å²) in [6, 6.07) is 9.82. The van der Waals surface area contributed by atoms with Gasteiger partial charge >= 0.3 is 6.09 Å². The second kappa shape index (κ2) is 5.09. The van der Waals surface area contributed by atoms with Crippen molar-refractivity contribution in [3.8, 4) is 0 Å². The third-order valence-electron chi connectivity index (χ3n) is 4.62. The Morgan fingerprint density at radius 2 is 2.10 bits per heavy atom. The van der Waals surface area contributed by atoms with Crippen molar-refractivity contribution in [2.75, 3.05) is 0 Å². The van der Waals surface area contributed by atoms with E-state index in [-0.39, 0.29) is 24.8 Å². The van der Waals surface area contributed by atoms with Crippen LogP contribution in [-0.2, 0) is 11.3 Å². The Kier molecular flexibility index (Phi) is 3.42. The van der Waals surface area contributed by atoms with Crippen LogP contribution in [0.25, 0.3) is 0 Å². The van der Waals surface area contributed by atoms with E-state index in [1.54, 1.807) is 4.90 Å². The summed E-state index contributed by atoms with van der Waals surface area (Å²) in [5, 5.41) is 10.4. The van der Waals surface area contributed by atoms with Gasteiger partial charge in [-0.1, -0.05) is 30.3 Å². The van der Waals surface area contributed by atoms with Crippen molar-refractivity contribution in [3.05, 3.63) is 35.9 Å². The van der Waals surface area contributed by atoms with Crippen LogP contribution in [0.1, 0.15) is 38.2 Å². The molecule has 1 unspecified atom stereocenters. The van der Waals surface area contributed by atoms with Gasteiger partial charge in [0.15, 0.2) is 0 Å². The first-order valence-electron chi connectivity index (χ1n) is 7.29. The quantitative estimate of drug-likeness (QED) is 0.902. The Hall–Kier alpha value is -1.55. The van der Waals surface area contributed by atoms with E-state index in [4.69, 9.17) is 4.74 Å². The van der Waals surface area contributed by atoms with Gasteiger partial charge in [-0.25, -0.2) is 4.79 Å². The summed E-state index contributed by atoms with van der Waals surface area (Å²) in [6.07, 6.45) is 3.19. The third kappa shape index (κ3) is 2.40. The van der Waals surface area contributed by atoms with Crippen LogP contribution in [0.4, 0.5) is 4.79 Å². The number of ether oxygens (including phenoxy) is 1. The molecule has 0 aliphatic carbocycles. The van der Waals surface area contributed by atoms with Gasteiger partial charge in [-0.15, -0.1) is 0 Å². The molecular formula is C16H21NO3. The van der Waals surface area contributed by atoms with Crippen molar-refractivity contribution in [2.24, 2.45) is 0 Å². The number of piperidine rings is 1. The number of benzene rings is 1. The molecule has 0 spiro atoms. The second-order valence-corrected chi connectivity index (χ2v) is 6.09. The molecular weight excluding hydrogens is 254 g/mol. The molecule has 4 nitrogen and oxygen atoms in total. The average Bonchev–Trinajstić information content (AvgIpc) is 2.82. The standard InChI is InChI=1S/C16H21NO3/c1-16(19)10-9-13-7-8-14(16)17(13)15(18)20-11-12-5-3-2-4-6-12/h2-6,13-14,19H,7-11H2,1H3/t13-,14+,16?/m0/s1. The van der Waals surface area contributed by atoms with Gasteiger partial charge in [-0.3, -0.25) is 4.90 Å². The zero-order valence-corrected chi connectivity index (χ0v) is 11.8. The molecule has 2 aliphatic rings. The maximum absolute atomic E-state index is 12.3. The number of carbonyl (C=O) groups is 1. The lowest BCUT2D eigenvalue weighted by Crippen LogP contribution is -2.56. The Bertz CT molecular complexity index is 486. The number of hydrogen-bond acceptors (Lipinski definition) is 3. The zero-order valence-electron chi connectivity index (χ0n) is 11.8. The summed E-state index contributed by atoms with van der Waals surface area (Å²) in [6.45, 7) is 2.12. The highest BCUT2D eigenvalue weighted by atomic mass is 16.6. The van der Waals surface area contributed by atoms with E-state index in [1.165, 1.54) is 0 Å². The molecule has 0 aromatic heterocycles. The van der Waals surface area contributed by atoms with Gasteiger partial charge < -0.3 is 9.84 Å². The average molecular weight is 275 g/mol. The van der Waals surface area contributed by atoms with Gasteiger partial charge in [0.25, 0.3) is 0 Å². The number of nitrogens with zero attached hydrogens (tertiary/aromatic N) is 1. The van der Waals surface area contributed by atoms with Gasteiger partial charge in [0, 0.05) is 6.04 Å². The Labute approximate surface area is 119 Å². The normalized spacial score (nSPS) is 32.2. The van der Waals surface area contributed by atoms with Crippen molar-refractivity contribution < 1.29 is 14.6 Å². The van der Waals surface area contributed by atoms with Crippen LogP contribution >= 0.6 is 0 Å². The maximum Gasteiger partial charge on any atom is 0.410 e. The fourth-order valence-electron chi connectivity index (χ4n) is 3.47. The number of fused-ring (bicyclic) bond motifs is 2. The first kappa shape index (κ1) is 13.4. The highest BCUT2D eigenvalue weighted by Gasteiger charge is 2.50. The molecule has 1 amide bonds. The van der Waals surface area contributed by atoms with Crippen molar-refractivity contribution in [3.63, 3.8) is 0 Å². The van der Waals surface area contributed by atoms with E-state index in [9.17, 15) is 9.90 Å². The summed E-state index contributed by atoms with van der Waals surface area (Å²) < 4.78 is 5.42. The maximum atomic E-state index is 12.3. The fraction of sp³-hybridized carbons (Fsp3) is 0.562. The summed E-state index contributed by atoms with van der Waals surface area (Å²) >= 11 is 0. The van der Waals surface area contributed by atoms with Crippen molar-refractivity contribution in [1.29, 1.82) is 0 Å². The Morgan fingerprint density at radius 3 is 2.85 bits per heavy atom. The molecule has 3 atom stereocenters. The summed E-state index contributed by atoms with van der Waals surface area (Å²) in [4.78, 5) is 14.1. The van der Waals surface area contributed by atoms with E-state index in [2.05, 4.69) is 0 Å². The smallest absolute Gasteiger partial charge is 0.410 e. The van der Waals surface area contributed by atoms with E-state index in [0.29, 0.717) is 0 Å². The lowest BCUT2D eigenvalue weighted by molar-refractivity contribution is -0.0591.